The van der Waals surface area contributed by atoms with Crippen LogP contribution in [0.5, 0.6) is 5.88 Å². The van der Waals surface area contributed by atoms with Crippen LogP contribution in [-0.4, -0.2) is 17.1 Å². The van der Waals surface area contributed by atoms with E-state index >= 15 is 0 Å². The fourth-order valence-corrected chi connectivity index (χ4v) is 2.30. The molecular weight excluding hydrogens is 335 g/mol. The molecule has 1 atom stereocenters. The number of benzene rings is 1. The summed E-state index contributed by atoms with van der Waals surface area (Å²) in [6.07, 6.45) is 1.94. The summed E-state index contributed by atoms with van der Waals surface area (Å²) < 4.78 is 18.6. The van der Waals surface area contributed by atoms with Gasteiger partial charge in [-0.25, -0.2) is 14.4 Å². The summed E-state index contributed by atoms with van der Waals surface area (Å²) in [7, 11) is 1.54. The van der Waals surface area contributed by atoms with Crippen molar-refractivity contribution < 1.29 is 9.13 Å². The van der Waals surface area contributed by atoms with Gasteiger partial charge in [0.2, 0.25) is 5.88 Å². The highest BCUT2D eigenvalue weighted by molar-refractivity contribution is 9.10. The van der Waals surface area contributed by atoms with E-state index in [1.54, 1.807) is 25.3 Å². The van der Waals surface area contributed by atoms with Crippen molar-refractivity contribution in [3.8, 4) is 5.88 Å². The first-order valence-corrected chi connectivity index (χ1v) is 6.77. The average Bonchev–Trinajstić information content (AvgIpc) is 2.42. The van der Waals surface area contributed by atoms with Crippen LogP contribution < -0.4 is 4.74 Å². The van der Waals surface area contributed by atoms with Gasteiger partial charge in [-0.05, 0) is 33.6 Å². The first-order valence-electron chi connectivity index (χ1n) is 5.54. The summed E-state index contributed by atoms with van der Waals surface area (Å²) in [6.45, 7) is 0. The van der Waals surface area contributed by atoms with Crippen LogP contribution in [0.2, 0.25) is 0 Å². The zero-order valence-electron chi connectivity index (χ0n) is 10.1. The fraction of sp³-hybridized carbons (Fsp3) is 0.231. The second-order valence-corrected chi connectivity index (χ2v) is 5.28. The number of hydrogen-bond acceptors (Lipinski definition) is 3. The zero-order chi connectivity index (χ0) is 13.8. The summed E-state index contributed by atoms with van der Waals surface area (Å²) >= 11 is 9.46. The fourth-order valence-electron chi connectivity index (χ4n) is 1.61. The number of hydrogen-bond donors (Lipinski definition) is 0. The van der Waals surface area contributed by atoms with Gasteiger partial charge in [0.05, 0.1) is 17.0 Å². The Morgan fingerprint density at radius 2 is 2.16 bits per heavy atom. The van der Waals surface area contributed by atoms with E-state index in [-0.39, 0.29) is 11.2 Å². The van der Waals surface area contributed by atoms with Crippen LogP contribution in [0.15, 0.2) is 35.1 Å². The van der Waals surface area contributed by atoms with Gasteiger partial charge in [0.1, 0.15) is 12.1 Å². The predicted molar refractivity (Wildman–Crippen MR) is 75.0 cm³/mol. The second-order valence-electron chi connectivity index (χ2n) is 3.90. The molecule has 0 radical (unpaired) electrons. The largest absolute Gasteiger partial charge is 0.481 e. The molecule has 0 aliphatic rings. The Morgan fingerprint density at radius 1 is 1.37 bits per heavy atom. The third-order valence-corrected chi connectivity index (χ3v) is 3.62. The van der Waals surface area contributed by atoms with E-state index in [0.29, 0.717) is 16.8 Å². The van der Waals surface area contributed by atoms with Crippen molar-refractivity contribution >= 4 is 27.5 Å². The molecule has 0 spiro atoms. The number of rotatable bonds is 4. The molecule has 19 heavy (non-hydrogen) atoms. The van der Waals surface area contributed by atoms with Crippen LogP contribution >= 0.6 is 27.5 Å². The quantitative estimate of drug-likeness (QED) is 0.788. The number of nitrogens with zero attached hydrogens (tertiary/aromatic N) is 2. The molecule has 2 aromatic rings. The Hall–Kier alpha value is -1.20. The second kappa shape index (κ2) is 6.30. The third kappa shape index (κ3) is 3.64. The van der Waals surface area contributed by atoms with Crippen molar-refractivity contribution in [3.63, 3.8) is 0 Å². The molecule has 0 aliphatic heterocycles. The van der Waals surface area contributed by atoms with Crippen LogP contribution in [0.1, 0.15) is 16.6 Å². The minimum absolute atomic E-state index is 0.295. The molecule has 1 heterocycles. The summed E-state index contributed by atoms with van der Waals surface area (Å²) in [4.78, 5) is 8.06. The number of ether oxygens (including phenoxy) is 1. The molecule has 0 amide bonds. The molecule has 1 aromatic heterocycles. The van der Waals surface area contributed by atoms with Gasteiger partial charge in [-0.1, -0.05) is 6.07 Å². The molecule has 100 valence electrons. The van der Waals surface area contributed by atoms with Gasteiger partial charge < -0.3 is 4.74 Å². The Bertz CT molecular complexity index is 582. The normalized spacial score (nSPS) is 12.2. The van der Waals surface area contributed by atoms with Crippen LogP contribution in [0.4, 0.5) is 4.39 Å². The molecule has 3 nitrogen and oxygen atoms in total. The van der Waals surface area contributed by atoms with Crippen LogP contribution in [0.25, 0.3) is 0 Å². The highest BCUT2D eigenvalue weighted by Gasteiger charge is 2.12. The van der Waals surface area contributed by atoms with Gasteiger partial charge in [-0.3, -0.25) is 0 Å². The summed E-state index contributed by atoms with van der Waals surface area (Å²) in [5, 5.41) is -0.295. The molecule has 0 aliphatic carbocycles. The highest BCUT2D eigenvalue weighted by atomic mass is 79.9. The molecule has 2 rings (SSSR count). The van der Waals surface area contributed by atoms with Gasteiger partial charge >= 0.3 is 0 Å². The third-order valence-electron chi connectivity index (χ3n) is 2.60. The number of methoxy groups -OCH3 is 1. The Kier molecular flexibility index (Phi) is 4.71. The lowest BCUT2D eigenvalue weighted by atomic mass is 10.1. The lowest BCUT2D eigenvalue weighted by Crippen LogP contribution is -2.00. The minimum Gasteiger partial charge on any atom is -0.481 e. The maximum absolute atomic E-state index is 13.2. The van der Waals surface area contributed by atoms with Gasteiger partial charge in [0.25, 0.3) is 0 Å². The van der Waals surface area contributed by atoms with Crippen molar-refractivity contribution in [1.29, 1.82) is 0 Å². The van der Waals surface area contributed by atoms with Crippen LogP contribution in [0.3, 0.4) is 0 Å². The topological polar surface area (TPSA) is 35.0 Å². The summed E-state index contributed by atoms with van der Waals surface area (Å²) in [5.41, 5.74) is 1.60. The molecular formula is C13H11BrClFN2O. The molecule has 6 heteroatoms. The smallest absolute Gasteiger partial charge is 0.216 e. The van der Waals surface area contributed by atoms with Crippen molar-refractivity contribution in [2.24, 2.45) is 0 Å². The monoisotopic (exact) mass is 344 g/mol. The maximum Gasteiger partial charge on any atom is 0.216 e. The molecule has 0 saturated heterocycles. The minimum atomic E-state index is -0.309. The number of halogens is 3. The molecule has 0 bridgehead atoms. The predicted octanol–water partition coefficient (Wildman–Crippen LogP) is 3.91. The van der Waals surface area contributed by atoms with Gasteiger partial charge in [-0.2, -0.15) is 0 Å². The van der Waals surface area contributed by atoms with E-state index < -0.39 is 0 Å². The molecule has 1 aromatic carbocycles. The Balaban J connectivity index is 2.15. The van der Waals surface area contributed by atoms with Gasteiger partial charge in [-0.15, -0.1) is 11.6 Å². The van der Waals surface area contributed by atoms with Crippen molar-refractivity contribution in [2.45, 2.75) is 11.8 Å². The summed E-state index contributed by atoms with van der Waals surface area (Å²) in [6, 6.07) is 6.45. The lowest BCUT2D eigenvalue weighted by molar-refractivity contribution is 0.396. The first kappa shape index (κ1) is 14.2. The molecule has 1 unspecified atom stereocenters. The SMILES string of the molecule is COc1cc(CC(Cl)c2ccc(F)c(Br)c2)ncn1. The van der Waals surface area contributed by atoms with Crippen LogP contribution in [0, 0.1) is 5.82 Å². The van der Waals surface area contributed by atoms with E-state index in [0.717, 1.165) is 11.3 Å². The van der Waals surface area contributed by atoms with E-state index in [2.05, 4.69) is 25.9 Å². The van der Waals surface area contributed by atoms with E-state index in [4.69, 9.17) is 16.3 Å². The van der Waals surface area contributed by atoms with Crippen molar-refractivity contribution in [1.82, 2.24) is 9.97 Å². The van der Waals surface area contributed by atoms with Gasteiger partial charge in [0, 0.05) is 18.2 Å². The lowest BCUT2D eigenvalue weighted by Gasteiger charge is -2.10. The maximum atomic E-state index is 13.2. The van der Waals surface area contributed by atoms with E-state index in [1.165, 1.54) is 12.4 Å². The number of aromatic nitrogens is 2. The Morgan fingerprint density at radius 3 is 2.84 bits per heavy atom. The standard InChI is InChI=1S/C13H11BrClFN2O/c1-19-13-6-9(17-7-18-13)5-11(15)8-2-3-12(16)10(14)4-8/h2-4,6-7,11H,5H2,1H3. The van der Waals surface area contributed by atoms with Crippen molar-refractivity contribution in [3.05, 3.63) is 52.1 Å². The van der Waals surface area contributed by atoms with Gasteiger partial charge in [0.15, 0.2) is 0 Å². The van der Waals surface area contributed by atoms with E-state index in [1.807, 2.05) is 0 Å². The average molecular weight is 346 g/mol. The molecule has 0 fully saturated rings. The molecule has 0 N–H and O–H groups in total. The zero-order valence-corrected chi connectivity index (χ0v) is 12.4. The van der Waals surface area contributed by atoms with Crippen molar-refractivity contribution in [2.75, 3.05) is 7.11 Å². The van der Waals surface area contributed by atoms with Crippen LogP contribution in [-0.2, 0) is 6.42 Å². The Labute approximate surface area is 123 Å². The highest BCUT2D eigenvalue weighted by Crippen LogP contribution is 2.28. The first-order chi connectivity index (χ1) is 9.10. The number of alkyl halides is 1. The van der Waals surface area contributed by atoms with E-state index in [9.17, 15) is 4.39 Å². The molecule has 0 saturated carbocycles. The summed E-state index contributed by atoms with van der Waals surface area (Å²) in [5.74, 6) is 0.186.